The molecule has 1 aromatic heterocycles. The summed E-state index contributed by atoms with van der Waals surface area (Å²) in [4.78, 5) is 10.9. The molecular weight excluding hydrogens is 462 g/mol. The van der Waals surface area contributed by atoms with E-state index in [2.05, 4.69) is 20.2 Å². The summed E-state index contributed by atoms with van der Waals surface area (Å²) in [5.41, 5.74) is -0.288. The number of rotatable bonds is 3. The summed E-state index contributed by atoms with van der Waals surface area (Å²) in [5, 5.41) is 15.2. The van der Waals surface area contributed by atoms with Crippen molar-refractivity contribution in [2.24, 2.45) is 0 Å². The monoisotopic (exact) mass is 482 g/mol. The topological polar surface area (TPSA) is 70.5 Å². The zero-order valence-corrected chi connectivity index (χ0v) is 19.0. The highest BCUT2D eigenvalue weighted by Crippen LogP contribution is 2.44. The van der Waals surface area contributed by atoms with Crippen LogP contribution in [0.4, 0.5) is 14.6 Å². The molecule has 2 atom stereocenters. The number of fused-ring (bicyclic) bond motifs is 4. The van der Waals surface area contributed by atoms with Gasteiger partial charge in [-0.2, -0.15) is 9.97 Å². The highest BCUT2D eigenvalue weighted by molar-refractivity contribution is 6.35. The second kappa shape index (κ2) is 7.92. The third kappa shape index (κ3) is 3.24. The van der Waals surface area contributed by atoms with Crippen LogP contribution in [0.1, 0.15) is 12.8 Å². The SMILES string of the molecule is COc1nc(N2CC3CCC(C2)N3)c2cc(Cl)c(-c3c(F)c(O)cc4ccccc34)c(F)c2n1. The molecule has 34 heavy (non-hydrogen) atoms. The summed E-state index contributed by atoms with van der Waals surface area (Å²) in [5.74, 6) is -1.79. The fraction of sp³-hybridized carbons (Fsp3) is 0.280. The molecule has 2 fully saturated rings. The minimum atomic E-state index is -0.946. The number of halogens is 3. The van der Waals surface area contributed by atoms with E-state index in [0.717, 1.165) is 25.9 Å². The van der Waals surface area contributed by atoms with Crippen molar-refractivity contribution in [1.29, 1.82) is 0 Å². The molecule has 0 aliphatic carbocycles. The van der Waals surface area contributed by atoms with Crippen LogP contribution in [-0.2, 0) is 0 Å². The van der Waals surface area contributed by atoms with Gasteiger partial charge in [0, 0.05) is 41.7 Å². The zero-order chi connectivity index (χ0) is 23.6. The van der Waals surface area contributed by atoms with E-state index in [9.17, 15) is 5.11 Å². The van der Waals surface area contributed by atoms with Crippen LogP contribution in [0.5, 0.6) is 11.8 Å². The summed E-state index contributed by atoms with van der Waals surface area (Å²) in [6.07, 6.45) is 2.15. The van der Waals surface area contributed by atoms with E-state index in [4.69, 9.17) is 16.3 Å². The molecule has 3 heterocycles. The van der Waals surface area contributed by atoms with Crippen molar-refractivity contribution < 1.29 is 18.6 Å². The van der Waals surface area contributed by atoms with Crippen molar-refractivity contribution in [3.63, 3.8) is 0 Å². The van der Waals surface area contributed by atoms with E-state index < -0.39 is 17.4 Å². The predicted molar refractivity (Wildman–Crippen MR) is 128 cm³/mol. The lowest BCUT2D eigenvalue weighted by Crippen LogP contribution is -2.51. The van der Waals surface area contributed by atoms with Gasteiger partial charge < -0.3 is 20.1 Å². The smallest absolute Gasteiger partial charge is 0.318 e. The molecule has 2 unspecified atom stereocenters. The molecule has 2 N–H and O–H groups in total. The van der Waals surface area contributed by atoms with Crippen molar-refractivity contribution >= 4 is 39.1 Å². The molecule has 3 aromatic carbocycles. The lowest BCUT2D eigenvalue weighted by atomic mass is 9.95. The van der Waals surface area contributed by atoms with Crippen molar-refractivity contribution in [2.75, 3.05) is 25.1 Å². The number of aromatic nitrogens is 2. The number of ether oxygens (including phenoxy) is 1. The van der Waals surface area contributed by atoms with Crippen LogP contribution < -0.4 is 15.0 Å². The van der Waals surface area contributed by atoms with Crippen molar-refractivity contribution in [3.05, 3.63) is 53.1 Å². The fourth-order valence-corrected chi connectivity index (χ4v) is 5.53. The van der Waals surface area contributed by atoms with Gasteiger partial charge in [-0.05, 0) is 35.7 Å². The van der Waals surface area contributed by atoms with Crippen LogP contribution >= 0.6 is 11.6 Å². The van der Waals surface area contributed by atoms with Gasteiger partial charge in [-0.3, -0.25) is 0 Å². The van der Waals surface area contributed by atoms with Crippen LogP contribution in [0.15, 0.2) is 36.4 Å². The maximum absolute atomic E-state index is 16.2. The lowest BCUT2D eigenvalue weighted by Gasteiger charge is -2.34. The first kappa shape index (κ1) is 21.3. The number of hydrogen-bond acceptors (Lipinski definition) is 6. The van der Waals surface area contributed by atoms with Crippen molar-refractivity contribution in [2.45, 2.75) is 24.9 Å². The highest BCUT2D eigenvalue weighted by Gasteiger charge is 2.34. The second-order valence-electron chi connectivity index (χ2n) is 8.83. The van der Waals surface area contributed by atoms with Gasteiger partial charge in [0.1, 0.15) is 11.3 Å². The summed E-state index contributed by atoms with van der Waals surface area (Å²) in [6.45, 7) is 1.44. The van der Waals surface area contributed by atoms with Crippen LogP contribution in [0.25, 0.3) is 32.8 Å². The first-order chi connectivity index (χ1) is 16.4. The number of hydrogen-bond donors (Lipinski definition) is 2. The fourth-order valence-electron chi connectivity index (χ4n) is 5.24. The molecule has 6 rings (SSSR count). The molecule has 0 radical (unpaired) electrons. The highest BCUT2D eigenvalue weighted by atomic mass is 35.5. The molecule has 0 spiro atoms. The van der Waals surface area contributed by atoms with Crippen LogP contribution in [0.2, 0.25) is 5.02 Å². The first-order valence-electron chi connectivity index (χ1n) is 11.1. The Morgan fingerprint density at radius 1 is 1.03 bits per heavy atom. The summed E-state index contributed by atoms with van der Waals surface area (Å²) in [7, 11) is 1.42. The number of anilines is 1. The van der Waals surface area contributed by atoms with Crippen molar-refractivity contribution in [3.8, 4) is 22.9 Å². The Labute approximate surface area is 199 Å². The predicted octanol–water partition coefficient (Wildman–Crippen LogP) is 5.04. The van der Waals surface area contributed by atoms with Gasteiger partial charge in [0.15, 0.2) is 17.4 Å². The van der Waals surface area contributed by atoms with E-state index in [1.54, 1.807) is 30.3 Å². The third-order valence-electron chi connectivity index (χ3n) is 6.76. The second-order valence-corrected chi connectivity index (χ2v) is 9.23. The Balaban J connectivity index is 1.62. The average molecular weight is 483 g/mol. The quantitative estimate of drug-likeness (QED) is 0.426. The van der Waals surface area contributed by atoms with Gasteiger partial charge >= 0.3 is 6.01 Å². The summed E-state index contributed by atoms with van der Waals surface area (Å²) >= 11 is 6.62. The molecule has 2 aliphatic rings. The van der Waals surface area contributed by atoms with E-state index in [0.29, 0.717) is 34.1 Å². The van der Waals surface area contributed by atoms with Gasteiger partial charge in [-0.15, -0.1) is 0 Å². The van der Waals surface area contributed by atoms with E-state index in [1.807, 2.05) is 0 Å². The number of aromatic hydroxyl groups is 1. The Hall–Kier alpha value is -3.23. The van der Waals surface area contributed by atoms with Crippen molar-refractivity contribution in [1.82, 2.24) is 15.3 Å². The number of nitrogens with one attached hydrogen (secondary N) is 1. The van der Waals surface area contributed by atoms with Gasteiger partial charge in [0.05, 0.1) is 12.1 Å². The molecule has 0 saturated carbocycles. The lowest BCUT2D eigenvalue weighted by molar-refractivity contribution is 0.380. The summed E-state index contributed by atoms with van der Waals surface area (Å²) in [6, 6.07) is 10.4. The molecule has 4 aromatic rings. The minimum absolute atomic E-state index is 0.00720. The largest absolute Gasteiger partial charge is 0.505 e. The normalized spacial score (nSPS) is 19.8. The zero-order valence-electron chi connectivity index (χ0n) is 18.3. The maximum Gasteiger partial charge on any atom is 0.318 e. The standard InChI is InChI=1S/C25H21ClF2N4O2/c1-34-25-30-23-16(24(31-25)32-10-13-6-7-14(11-32)29-13)9-17(26)20(22(23)28)19-15-5-3-2-4-12(15)8-18(33)21(19)27/h2-5,8-9,13-14,29,33H,6-7,10-11H2,1H3. The molecule has 174 valence electrons. The molecular formula is C25H21ClF2N4O2. The maximum atomic E-state index is 16.2. The molecule has 2 aliphatic heterocycles. The first-order valence-corrected chi connectivity index (χ1v) is 11.5. The average Bonchev–Trinajstić information content (AvgIpc) is 3.18. The van der Waals surface area contributed by atoms with Gasteiger partial charge in [0.25, 0.3) is 0 Å². The van der Waals surface area contributed by atoms with Gasteiger partial charge in [-0.1, -0.05) is 35.9 Å². The number of methoxy groups -OCH3 is 1. The number of nitrogens with zero attached hydrogens (tertiary/aromatic N) is 3. The Kier molecular flexibility index (Phi) is 4.97. The van der Waals surface area contributed by atoms with Crippen LogP contribution in [-0.4, -0.2) is 47.4 Å². The Morgan fingerprint density at radius 2 is 1.76 bits per heavy atom. The van der Waals surface area contributed by atoms with E-state index in [-0.39, 0.29) is 27.7 Å². The number of phenols is 1. The molecule has 0 amide bonds. The Morgan fingerprint density at radius 3 is 2.50 bits per heavy atom. The number of benzene rings is 3. The van der Waals surface area contributed by atoms with E-state index >= 15 is 8.78 Å². The third-order valence-corrected chi connectivity index (χ3v) is 7.06. The van der Waals surface area contributed by atoms with Crippen LogP contribution in [0.3, 0.4) is 0 Å². The van der Waals surface area contributed by atoms with Gasteiger partial charge in [0.2, 0.25) is 0 Å². The number of piperazine rings is 1. The number of phenolic OH excluding ortho intramolecular Hbond substituents is 1. The van der Waals surface area contributed by atoms with E-state index in [1.165, 1.54) is 13.2 Å². The molecule has 9 heteroatoms. The molecule has 2 saturated heterocycles. The van der Waals surface area contributed by atoms with Gasteiger partial charge in [-0.25, -0.2) is 8.78 Å². The molecule has 2 bridgehead atoms. The molecule has 6 nitrogen and oxygen atoms in total. The van der Waals surface area contributed by atoms with Crippen LogP contribution in [0, 0.1) is 11.6 Å². The summed E-state index contributed by atoms with van der Waals surface area (Å²) < 4.78 is 36.7. The minimum Gasteiger partial charge on any atom is -0.505 e. The Bertz CT molecular complexity index is 1450.